The van der Waals surface area contributed by atoms with Gasteiger partial charge in [-0.25, -0.2) is 0 Å². The standard InChI is InChI=1S/C15H16O3/c1-11(16)13-4-8-15(9-5-13)18-10-12-2-6-14(17)7-3-12/h2-9,11,16-17H,10H2,1H3/t11-/m1/s1. The summed E-state index contributed by atoms with van der Waals surface area (Å²) < 4.78 is 5.60. The molecule has 0 radical (unpaired) electrons. The van der Waals surface area contributed by atoms with Crippen LogP contribution in [0.4, 0.5) is 0 Å². The van der Waals surface area contributed by atoms with Crippen molar-refractivity contribution in [3.63, 3.8) is 0 Å². The number of hydrogen-bond donors (Lipinski definition) is 2. The number of rotatable bonds is 4. The van der Waals surface area contributed by atoms with E-state index < -0.39 is 6.10 Å². The summed E-state index contributed by atoms with van der Waals surface area (Å²) in [7, 11) is 0. The van der Waals surface area contributed by atoms with Crippen LogP contribution in [0.2, 0.25) is 0 Å². The van der Waals surface area contributed by atoms with E-state index >= 15 is 0 Å². The molecule has 0 saturated heterocycles. The highest BCUT2D eigenvalue weighted by Crippen LogP contribution is 2.18. The Labute approximate surface area is 106 Å². The zero-order valence-corrected chi connectivity index (χ0v) is 10.2. The summed E-state index contributed by atoms with van der Waals surface area (Å²) in [5.74, 6) is 1.01. The zero-order valence-electron chi connectivity index (χ0n) is 10.2. The number of benzene rings is 2. The Morgan fingerprint density at radius 2 is 1.61 bits per heavy atom. The summed E-state index contributed by atoms with van der Waals surface area (Å²) in [5, 5.41) is 18.5. The maximum absolute atomic E-state index is 9.38. The van der Waals surface area contributed by atoms with Crippen LogP contribution in [-0.2, 0) is 6.61 Å². The van der Waals surface area contributed by atoms with Crippen molar-refractivity contribution in [1.82, 2.24) is 0 Å². The van der Waals surface area contributed by atoms with Crippen LogP contribution in [-0.4, -0.2) is 10.2 Å². The van der Waals surface area contributed by atoms with Gasteiger partial charge in [0.05, 0.1) is 6.10 Å². The maximum Gasteiger partial charge on any atom is 0.119 e. The van der Waals surface area contributed by atoms with E-state index in [2.05, 4.69) is 0 Å². The van der Waals surface area contributed by atoms with Crippen LogP contribution in [0.1, 0.15) is 24.2 Å². The number of ether oxygens (including phenoxy) is 1. The van der Waals surface area contributed by atoms with E-state index in [1.54, 1.807) is 19.1 Å². The highest BCUT2D eigenvalue weighted by atomic mass is 16.5. The molecule has 0 heterocycles. The molecule has 0 unspecified atom stereocenters. The monoisotopic (exact) mass is 244 g/mol. The van der Waals surface area contributed by atoms with Gasteiger partial charge < -0.3 is 14.9 Å². The third-order valence-electron chi connectivity index (χ3n) is 2.70. The molecular formula is C15H16O3. The second-order valence-electron chi connectivity index (χ2n) is 4.20. The summed E-state index contributed by atoms with van der Waals surface area (Å²) in [5.41, 5.74) is 1.86. The van der Waals surface area contributed by atoms with Crippen LogP contribution in [0.3, 0.4) is 0 Å². The van der Waals surface area contributed by atoms with Gasteiger partial charge in [0.1, 0.15) is 18.1 Å². The maximum atomic E-state index is 9.38. The normalized spacial score (nSPS) is 12.1. The summed E-state index contributed by atoms with van der Waals surface area (Å²) >= 11 is 0. The predicted octanol–water partition coefficient (Wildman–Crippen LogP) is 3.02. The lowest BCUT2D eigenvalue weighted by atomic mass is 10.1. The molecule has 2 rings (SSSR count). The Bertz CT molecular complexity index is 486. The molecule has 1 atom stereocenters. The minimum atomic E-state index is -0.462. The highest BCUT2D eigenvalue weighted by Gasteiger charge is 2.01. The number of aliphatic hydroxyl groups excluding tert-OH is 1. The predicted molar refractivity (Wildman–Crippen MR) is 69.5 cm³/mol. The summed E-state index contributed by atoms with van der Waals surface area (Å²) in [6.07, 6.45) is -0.462. The van der Waals surface area contributed by atoms with Gasteiger partial charge in [-0.15, -0.1) is 0 Å². The largest absolute Gasteiger partial charge is 0.508 e. The van der Waals surface area contributed by atoms with Crippen LogP contribution in [0, 0.1) is 0 Å². The first-order chi connectivity index (χ1) is 8.65. The summed E-state index contributed by atoms with van der Waals surface area (Å²) in [6.45, 7) is 2.18. The van der Waals surface area contributed by atoms with E-state index in [0.717, 1.165) is 16.9 Å². The number of aromatic hydroxyl groups is 1. The van der Waals surface area contributed by atoms with Gasteiger partial charge in [-0.05, 0) is 42.3 Å². The molecule has 18 heavy (non-hydrogen) atoms. The summed E-state index contributed by atoms with van der Waals surface area (Å²) in [6, 6.07) is 14.3. The molecule has 0 aliphatic rings. The minimum absolute atomic E-state index is 0.250. The van der Waals surface area contributed by atoms with Crippen LogP contribution < -0.4 is 4.74 Å². The zero-order chi connectivity index (χ0) is 13.0. The third-order valence-corrected chi connectivity index (χ3v) is 2.70. The van der Waals surface area contributed by atoms with Crippen molar-refractivity contribution >= 4 is 0 Å². The Morgan fingerprint density at radius 3 is 2.17 bits per heavy atom. The molecule has 0 amide bonds. The smallest absolute Gasteiger partial charge is 0.119 e. The first-order valence-corrected chi connectivity index (χ1v) is 5.84. The topological polar surface area (TPSA) is 49.7 Å². The SMILES string of the molecule is C[C@@H](O)c1ccc(OCc2ccc(O)cc2)cc1. The fourth-order valence-electron chi connectivity index (χ4n) is 1.60. The molecule has 0 bridgehead atoms. The van der Waals surface area contributed by atoms with Gasteiger partial charge in [0, 0.05) is 0 Å². The fourth-order valence-corrected chi connectivity index (χ4v) is 1.60. The lowest BCUT2D eigenvalue weighted by Crippen LogP contribution is -1.96. The molecule has 2 aromatic rings. The second kappa shape index (κ2) is 5.56. The molecule has 94 valence electrons. The van der Waals surface area contributed by atoms with Crippen LogP contribution in [0.5, 0.6) is 11.5 Å². The van der Waals surface area contributed by atoms with E-state index in [-0.39, 0.29) is 5.75 Å². The van der Waals surface area contributed by atoms with E-state index in [1.807, 2.05) is 36.4 Å². The number of hydrogen-bond acceptors (Lipinski definition) is 3. The number of phenols is 1. The van der Waals surface area contributed by atoms with Gasteiger partial charge >= 0.3 is 0 Å². The van der Waals surface area contributed by atoms with Gasteiger partial charge in [-0.1, -0.05) is 24.3 Å². The van der Waals surface area contributed by atoms with Crippen molar-refractivity contribution < 1.29 is 14.9 Å². The van der Waals surface area contributed by atoms with Crippen molar-refractivity contribution in [3.05, 3.63) is 59.7 Å². The molecule has 3 nitrogen and oxygen atoms in total. The second-order valence-corrected chi connectivity index (χ2v) is 4.20. The molecule has 0 spiro atoms. The summed E-state index contributed by atoms with van der Waals surface area (Å²) in [4.78, 5) is 0. The average Bonchev–Trinajstić information content (AvgIpc) is 2.38. The molecule has 0 aliphatic carbocycles. The van der Waals surface area contributed by atoms with Crippen molar-refractivity contribution in [2.75, 3.05) is 0 Å². The third kappa shape index (κ3) is 3.25. The average molecular weight is 244 g/mol. The van der Waals surface area contributed by atoms with Crippen LogP contribution >= 0.6 is 0 Å². The molecule has 2 aromatic carbocycles. The Kier molecular flexibility index (Phi) is 3.85. The van der Waals surface area contributed by atoms with E-state index in [9.17, 15) is 5.11 Å². The first-order valence-electron chi connectivity index (χ1n) is 5.84. The molecule has 2 N–H and O–H groups in total. The van der Waals surface area contributed by atoms with Gasteiger partial charge in [0.15, 0.2) is 0 Å². The van der Waals surface area contributed by atoms with Crippen molar-refractivity contribution in [3.8, 4) is 11.5 Å². The van der Waals surface area contributed by atoms with Gasteiger partial charge in [0.2, 0.25) is 0 Å². The lowest BCUT2D eigenvalue weighted by molar-refractivity contribution is 0.199. The van der Waals surface area contributed by atoms with E-state index in [0.29, 0.717) is 6.61 Å². The molecule has 3 heteroatoms. The van der Waals surface area contributed by atoms with Crippen LogP contribution in [0.15, 0.2) is 48.5 Å². The fraction of sp³-hybridized carbons (Fsp3) is 0.200. The Balaban J connectivity index is 1.95. The van der Waals surface area contributed by atoms with Crippen molar-refractivity contribution in [1.29, 1.82) is 0 Å². The lowest BCUT2D eigenvalue weighted by Gasteiger charge is -2.08. The highest BCUT2D eigenvalue weighted by molar-refractivity contribution is 5.29. The number of aliphatic hydroxyl groups is 1. The molecule has 0 fully saturated rings. The van der Waals surface area contributed by atoms with Crippen molar-refractivity contribution in [2.24, 2.45) is 0 Å². The van der Waals surface area contributed by atoms with E-state index in [4.69, 9.17) is 9.84 Å². The quantitative estimate of drug-likeness (QED) is 0.869. The van der Waals surface area contributed by atoms with Crippen molar-refractivity contribution in [2.45, 2.75) is 19.6 Å². The molecule has 0 saturated carbocycles. The Morgan fingerprint density at radius 1 is 1.00 bits per heavy atom. The molecular weight excluding hydrogens is 228 g/mol. The Hall–Kier alpha value is -2.00. The minimum Gasteiger partial charge on any atom is -0.508 e. The molecule has 0 aromatic heterocycles. The van der Waals surface area contributed by atoms with Gasteiger partial charge in [-0.3, -0.25) is 0 Å². The van der Waals surface area contributed by atoms with Gasteiger partial charge in [-0.2, -0.15) is 0 Å². The van der Waals surface area contributed by atoms with Gasteiger partial charge in [0.25, 0.3) is 0 Å². The first kappa shape index (κ1) is 12.5. The molecule has 0 aliphatic heterocycles. The van der Waals surface area contributed by atoms with Crippen LogP contribution in [0.25, 0.3) is 0 Å². The number of phenolic OH excluding ortho intramolecular Hbond substituents is 1. The van der Waals surface area contributed by atoms with E-state index in [1.165, 1.54) is 0 Å².